The molecular formula is C67H82N2O12S2. The summed E-state index contributed by atoms with van der Waals surface area (Å²) in [5.41, 5.74) is -3.31. The predicted octanol–water partition coefficient (Wildman–Crippen LogP) is 9.01. The molecule has 5 spiro atoms. The van der Waals surface area contributed by atoms with Crippen molar-refractivity contribution in [3.8, 4) is 5.75 Å². The van der Waals surface area contributed by atoms with E-state index >= 15 is 9.59 Å². The third-order valence-electron chi connectivity index (χ3n) is 24.9. The highest BCUT2D eigenvalue weighted by atomic mass is 33.1. The number of dihydropyridines is 1. The van der Waals surface area contributed by atoms with Gasteiger partial charge in [0.1, 0.15) is 46.6 Å². The Morgan fingerprint density at radius 2 is 1.61 bits per heavy atom. The van der Waals surface area contributed by atoms with Gasteiger partial charge in [0.15, 0.2) is 11.6 Å². The zero-order chi connectivity index (χ0) is 57.1. The smallest absolute Gasteiger partial charge is 0.229 e. The highest BCUT2D eigenvalue weighted by molar-refractivity contribution is 8.76. The molecule has 16 unspecified atom stereocenters. The van der Waals surface area contributed by atoms with Crippen LogP contribution >= 0.6 is 21.6 Å². The number of aldehydes is 1. The minimum atomic E-state index is -2.35. The van der Waals surface area contributed by atoms with Crippen molar-refractivity contribution in [1.29, 1.82) is 0 Å². The van der Waals surface area contributed by atoms with Crippen molar-refractivity contribution in [3.63, 3.8) is 0 Å². The summed E-state index contributed by atoms with van der Waals surface area (Å²) in [5.74, 6) is -2.62. The molecule has 2 aromatic carbocycles. The molecule has 1 saturated heterocycles. The molecule has 14 nitrogen and oxygen atoms in total. The van der Waals surface area contributed by atoms with Gasteiger partial charge in [-0.3, -0.25) is 9.59 Å². The summed E-state index contributed by atoms with van der Waals surface area (Å²) in [5, 5.41) is 94.5. The molecule has 16 heteroatoms. The van der Waals surface area contributed by atoms with Crippen LogP contribution in [-0.4, -0.2) is 113 Å². The third-order valence-corrected chi connectivity index (χ3v) is 27.6. The second-order valence-electron chi connectivity index (χ2n) is 29.0. The van der Waals surface area contributed by atoms with Crippen LogP contribution < -0.4 is 15.4 Å². The highest BCUT2D eigenvalue weighted by Gasteiger charge is 2.79. The number of hydrogen-bond donors (Lipinski definition) is 9. The fraction of sp³-hybridized carbons (Fsp3) is 0.657. The Morgan fingerprint density at radius 3 is 2.41 bits per heavy atom. The van der Waals surface area contributed by atoms with Crippen LogP contribution in [0, 0.1) is 62.6 Å². The molecular weight excluding hydrogens is 1090 g/mol. The molecule has 444 valence electrons. The van der Waals surface area contributed by atoms with Gasteiger partial charge in [0.05, 0.1) is 42.0 Å². The Labute approximate surface area is 494 Å². The second-order valence-corrected chi connectivity index (χ2v) is 31.6. The molecule has 16 atom stereocenters. The first-order chi connectivity index (χ1) is 40.0. The number of allylic oxidation sites excluding steroid dienone is 6. The first-order valence-electron chi connectivity index (χ1n) is 31.4. The van der Waals surface area contributed by atoms with Crippen molar-refractivity contribution in [3.05, 3.63) is 111 Å². The van der Waals surface area contributed by atoms with E-state index < -0.39 is 81.4 Å². The van der Waals surface area contributed by atoms with Gasteiger partial charge in [-0.1, -0.05) is 96.2 Å². The molecule has 0 aromatic heterocycles. The normalized spacial score (nSPS) is 43.2. The second kappa shape index (κ2) is 19.8. The Hall–Kier alpha value is -3.97. The lowest BCUT2D eigenvalue weighted by Crippen LogP contribution is -2.81. The van der Waals surface area contributed by atoms with Crippen LogP contribution in [0.2, 0.25) is 0 Å². The quantitative estimate of drug-likeness (QED) is 0.0886. The molecule has 3 aliphatic heterocycles. The fourth-order valence-corrected chi connectivity index (χ4v) is 24.6. The van der Waals surface area contributed by atoms with Gasteiger partial charge < -0.3 is 60.6 Å². The maximum Gasteiger partial charge on any atom is 0.229 e. The summed E-state index contributed by atoms with van der Waals surface area (Å²) >= 11 is 0. The number of nitrogens with one attached hydrogen (secondary N) is 2. The van der Waals surface area contributed by atoms with Crippen molar-refractivity contribution in [1.82, 2.24) is 10.6 Å². The van der Waals surface area contributed by atoms with E-state index in [0.717, 1.165) is 74.7 Å². The number of aliphatic hydroxyl groups excluding tert-OH is 5. The number of ether oxygens (including phenoxy) is 2. The summed E-state index contributed by atoms with van der Waals surface area (Å²) in [6.07, 6.45) is 19.7. The minimum Gasteiger partial charge on any atom is -0.511 e. The minimum absolute atomic E-state index is 0.00392. The van der Waals surface area contributed by atoms with Crippen LogP contribution in [0.25, 0.3) is 0 Å². The summed E-state index contributed by atoms with van der Waals surface area (Å²) in [6, 6.07) is 12.2. The molecule has 3 heterocycles. The first kappa shape index (κ1) is 55.6. The van der Waals surface area contributed by atoms with E-state index in [1.165, 1.54) is 65.6 Å². The molecule has 0 radical (unpaired) electrons. The standard InChI is InChI=1S/C67H82N2O12S2/c70-31-39-9-6-8-38(20-39)21-40-22-48-54(74)45-10-7-11-49-53(45)56(75)66(48,50(73)23-40)51(12-17-63(78)15-2-1-3-16-63)83-82-37-69-52-26-47-46(30-68-52)41-24-42-27-64(36-72)59(77)67(79,57(76)58(80-49)81-64)55(42)65(47)35-62(29-43(65)25-41)34-61(28-44(62)32-71)19-18-60(33-61)13-4-5-14-60/h6-11,20,22-23,26,32,41-44,48,51,55,57-59,68-70,72-73,76-79H,1-5,12-19,21,24-25,27-31,33-37H2. The van der Waals surface area contributed by atoms with Crippen molar-refractivity contribution >= 4 is 39.4 Å². The zero-order valence-corrected chi connectivity index (χ0v) is 49.1. The van der Waals surface area contributed by atoms with Crippen LogP contribution in [0.3, 0.4) is 0 Å². The summed E-state index contributed by atoms with van der Waals surface area (Å²) < 4.78 is 13.7. The monoisotopic (exact) mass is 1170 g/mol. The Balaban J connectivity index is 0.880. The van der Waals surface area contributed by atoms with Crippen LogP contribution in [-0.2, 0) is 22.6 Å². The van der Waals surface area contributed by atoms with Crippen molar-refractivity contribution < 1.29 is 59.6 Å². The zero-order valence-electron chi connectivity index (χ0n) is 47.5. The van der Waals surface area contributed by atoms with Crippen LogP contribution in [0.1, 0.15) is 167 Å². The Kier molecular flexibility index (Phi) is 13.2. The van der Waals surface area contributed by atoms with E-state index in [2.05, 4.69) is 16.7 Å². The van der Waals surface area contributed by atoms with Gasteiger partial charge >= 0.3 is 0 Å². The van der Waals surface area contributed by atoms with Crippen molar-refractivity contribution in [2.75, 3.05) is 19.0 Å². The maximum atomic E-state index is 16.5. The topological polar surface area (TPSA) is 235 Å². The molecule has 83 heavy (non-hydrogen) atoms. The number of carbonyl (C=O) groups excluding carboxylic acids is 3. The lowest BCUT2D eigenvalue weighted by atomic mass is 9.46. The van der Waals surface area contributed by atoms with E-state index in [0.29, 0.717) is 67.5 Å². The van der Waals surface area contributed by atoms with Gasteiger partial charge in [0.25, 0.3) is 0 Å². The van der Waals surface area contributed by atoms with Crippen molar-refractivity contribution in [2.45, 2.75) is 188 Å². The molecule has 10 bridgehead atoms. The van der Waals surface area contributed by atoms with Gasteiger partial charge in [-0.15, -0.1) is 0 Å². The average Bonchev–Trinajstić information content (AvgIpc) is 1.67. The van der Waals surface area contributed by atoms with E-state index in [1.54, 1.807) is 24.3 Å². The number of fused-ring (bicyclic) bond motifs is 2. The van der Waals surface area contributed by atoms with Crippen LogP contribution in [0.15, 0.2) is 89.0 Å². The number of Topliss-reactive ketones (excluding diaryl/α,β-unsaturated/α-hetero) is 2. The Bertz CT molecular complexity index is 3170. The number of hydrogen-bond acceptors (Lipinski definition) is 16. The van der Waals surface area contributed by atoms with Crippen molar-refractivity contribution in [2.24, 2.45) is 62.6 Å². The van der Waals surface area contributed by atoms with E-state index in [-0.39, 0.29) is 76.6 Å². The predicted molar refractivity (Wildman–Crippen MR) is 313 cm³/mol. The van der Waals surface area contributed by atoms with Crippen LogP contribution in [0.5, 0.6) is 5.75 Å². The SMILES string of the molecule is O=CC1CC2(CCC3(CCCC3)C2)CC12CC1CC3CC4CC5(CO)OC6Oc7cccc8c7C(=O)C7(C(O)=CC(Cc9cccc(CO)c9)=CC7C8=O)C(CCC7(O)CCCCC7)SSCNC7=CC(=C3CN7)C1(C2)C4C(O)(C6O)C5O. The number of carbonyl (C=O) groups is 3. The molecule has 14 aliphatic rings. The van der Waals surface area contributed by atoms with Gasteiger partial charge in [-0.2, -0.15) is 0 Å². The van der Waals surface area contributed by atoms with Gasteiger partial charge in [-0.05, 0) is 189 Å². The van der Waals surface area contributed by atoms with E-state index in [9.17, 15) is 40.5 Å². The number of rotatable bonds is 8. The van der Waals surface area contributed by atoms with Gasteiger partial charge in [-0.25, -0.2) is 0 Å². The largest absolute Gasteiger partial charge is 0.511 e. The summed E-state index contributed by atoms with van der Waals surface area (Å²) in [6.45, 7) is -0.320. The molecule has 7 saturated carbocycles. The third kappa shape index (κ3) is 8.03. The molecule has 16 rings (SSSR count). The first-order valence-corrected chi connectivity index (χ1v) is 33.8. The fourth-order valence-electron chi connectivity index (χ4n) is 21.8. The summed E-state index contributed by atoms with van der Waals surface area (Å²) in [4.78, 5) is 46.2. The van der Waals surface area contributed by atoms with E-state index in [1.807, 2.05) is 30.3 Å². The summed E-state index contributed by atoms with van der Waals surface area (Å²) in [7, 11) is 2.92. The number of ketones is 2. The lowest BCUT2D eigenvalue weighted by molar-refractivity contribution is -0.392. The van der Waals surface area contributed by atoms with Gasteiger partial charge in [0, 0.05) is 34.6 Å². The van der Waals surface area contributed by atoms with Crippen LogP contribution in [0.4, 0.5) is 0 Å². The van der Waals surface area contributed by atoms with Gasteiger partial charge in [0.2, 0.25) is 6.29 Å². The maximum absolute atomic E-state index is 16.5. The molecule has 11 aliphatic carbocycles. The Morgan fingerprint density at radius 1 is 0.831 bits per heavy atom. The molecule has 9 N–H and O–H groups in total. The number of benzene rings is 2. The number of aliphatic hydroxyl groups is 7. The lowest BCUT2D eigenvalue weighted by Gasteiger charge is -2.65. The highest BCUT2D eigenvalue weighted by Crippen LogP contribution is 2.80. The van der Waals surface area contributed by atoms with E-state index in [4.69, 9.17) is 9.47 Å². The molecule has 2 aromatic rings. The molecule has 8 fully saturated rings. The molecule has 0 amide bonds. The average molecular weight is 1170 g/mol.